The van der Waals surface area contributed by atoms with Gasteiger partial charge >= 0.3 is 12.1 Å². The summed E-state index contributed by atoms with van der Waals surface area (Å²) in [6, 6.07) is 12.0. The number of anilines is 1. The number of halogens is 4. The van der Waals surface area contributed by atoms with Crippen LogP contribution in [0.5, 0.6) is 5.75 Å². The molecular weight excluding hydrogens is 518 g/mol. The number of rotatable bonds is 12. The highest BCUT2D eigenvalue weighted by Crippen LogP contribution is 2.32. The van der Waals surface area contributed by atoms with Gasteiger partial charge in [-0.25, -0.2) is 4.39 Å². The van der Waals surface area contributed by atoms with Crippen molar-refractivity contribution >= 4 is 17.6 Å². The third kappa shape index (κ3) is 8.42. The Morgan fingerprint density at radius 3 is 2.36 bits per heavy atom. The number of carboxylic acids is 1. The van der Waals surface area contributed by atoms with Gasteiger partial charge in [-0.15, -0.1) is 0 Å². The molecule has 3 aromatic rings. The van der Waals surface area contributed by atoms with E-state index in [0.29, 0.717) is 17.4 Å². The monoisotopic (exact) mass is 547 g/mol. The number of alkyl halides is 3. The van der Waals surface area contributed by atoms with Crippen LogP contribution in [0.3, 0.4) is 0 Å². The lowest BCUT2D eigenvalue weighted by atomic mass is 9.99. The fraction of sp³-hybridized carbons (Fsp3) is 0.321. The summed E-state index contributed by atoms with van der Waals surface area (Å²) in [5.41, 5.74) is 0.223. The number of ether oxygens (including phenoxy) is 1. The van der Waals surface area contributed by atoms with Crippen LogP contribution in [0.25, 0.3) is 11.3 Å². The van der Waals surface area contributed by atoms with Crippen molar-refractivity contribution < 1.29 is 37.0 Å². The van der Waals surface area contributed by atoms with E-state index in [1.54, 1.807) is 30.3 Å². The molecule has 0 aliphatic rings. The van der Waals surface area contributed by atoms with Crippen LogP contribution in [0.1, 0.15) is 42.6 Å². The maximum Gasteiger partial charge on any atom is 0.416 e. The zero-order valence-electron chi connectivity index (χ0n) is 21.4. The zero-order chi connectivity index (χ0) is 28.6. The summed E-state index contributed by atoms with van der Waals surface area (Å²) in [7, 11) is 0. The topological polar surface area (TPSA) is 101 Å². The first-order valence-corrected chi connectivity index (χ1v) is 12.3. The van der Waals surface area contributed by atoms with Crippen LogP contribution in [0.4, 0.5) is 23.2 Å². The zero-order valence-corrected chi connectivity index (χ0v) is 21.4. The van der Waals surface area contributed by atoms with Gasteiger partial charge in [-0.1, -0.05) is 20.3 Å². The van der Waals surface area contributed by atoms with Gasteiger partial charge in [0.05, 0.1) is 29.9 Å². The van der Waals surface area contributed by atoms with Gasteiger partial charge in [-0.05, 0) is 60.5 Å². The number of aromatic nitrogens is 1. The van der Waals surface area contributed by atoms with Crippen molar-refractivity contribution in [1.29, 1.82) is 0 Å². The Labute approximate surface area is 223 Å². The number of hydrogen-bond acceptors (Lipinski definition) is 5. The minimum atomic E-state index is -4.63. The molecule has 7 nitrogen and oxygen atoms in total. The maximum absolute atomic E-state index is 14.3. The highest BCUT2D eigenvalue weighted by molar-refractivity contribution is 5.94. The number of carbonyl (C=O) groups excluding carboxylic acids is 1. The van der Waals surface area contributed by atoms with Crippen molar-refractivity contribution in [2.24, 2.45) is 5.92 Å². The number of aliphatic carboxylic acids is 1. The highest BCUT2D eigenvalue weighted by atomic mass is 19.4. The van der Waals surface area contributed by atoms with Crippen molar-refractivity contribution in [2.75, 3.05) is 18.5 Å². The Bertz CT molecular complexity index is 1270. The summed E-state index contributed by atoms with van der Waals surface area (Å²) in [5.74, 6) is -1.76. The molecule has 39 heavy (non-hydrogen) atoms. The second-order valence-corrected chi connectivity index (χ2v) is 9.00. The highest BCUT2D eigenvalue weighted by Gasteiger charge is 2.31. The molecule has 2 aromatic carbocycles. The molecule has 0 unspecified atom stereocenters. The number of pyridine rings is 1. The fourth-order valence-corrected chi connectivity index (χ4v) is 3.66. The van der Waals surface area contributed by atoms with Gasteiger partial charge in [0.25, 0.3) is 5.91 Å². The Morgan fingerprint density at radius 1 is 1.08 bits per heavy atom. The lowest BCUT2D eigenvalue weighted by molar-refractivity contribution is -0.138. The molecule has 0 saturated heterocycles. The van der Waals surface area contributed by atoms with Crippen LogP contribution < -0.4 is 15.4 Å². The van der Waals surface area contributed by atoms with E-state index in [1.807, 2.05) is 6.92 Å². The molecule has 3 rings (SSSR count). The van der Waals surface area contributed by atoms with Gasteiger partial charge < -0.3 is 20.5 Å². The number of nitrogens with zero attached hydrogens (tertiary/aromatic N) is 1. The molecule has 0 saturated carbocycles. The predicted molar refractivity (Wildman–Crippen MR) is 138 cm³/mol. The molecule has 3 N–H and O–H groups in total. The minimum absolute atomic E-state index is 0.0384. The Kier molecular flexibility index (Phi) is 9.86. The van der Waals surface area contributed by atoms with Crippen LogP contribution in [0.2, 0.25) is 0 Å². The van der Waals surface area contributed by atoms with E-state index >= 15 is 0 Å². The Morgan fingerprint density at radius 2 is 1.79 bits per heavy atom. The van der Waals surface area contributed by atoms with E-state index in [9.17, 15) is 27.2 Å². The van der Waals surface area contributed by atoms with Crippen molar-refractivity contribution in [1.82, 2.24) is 10.3 Å². The largest absolute Gasteiger partial charge is 0.490 e. The SMILES string of the molecule is CC[C@H](C)[C@@H](COc1ccc(-c2ccc(C(F)(F)F)cc2F)nc1)Nc1ccc(C(=O)NCCC(=O)O)cc1. The molecule has 1 aromatic heterocycles. The summed E-state index contributed by atoms with van der Waals surface area (Å²) >= 11 is 0. The number of carboxylic acid groups (broad SMARTS) is 1. The molecule has 0 bridgehead atoms. The number of hydrogen-bond donors (Lipinski definition) is 3. The minimum Gasteiger partial charge on any atom is -0.490 e. The third-order valence-electron chi connectivity index (χ3n) is 6.19. The van der Waals surface area contributed by atoms with Gasteiger partial charge in [0, 0.05) is 23.4 Å². The van der Waals surface area contributed by atoms with E-state index in [0.717, 1.165) is 24.2 Å². The number of nitrogens with one attached hydrogen (secondary N) is 2. The first kappa shape index (κ1) is 29.4. The average molecular weight is 548 g/mol. The summed E-state index contributed by atoms with van der Waals surface area (Å²) in [4.78, 5) is 26.9. The molecule has 11 heteroatoms. The van der Waals surface area contributed by atoms with Crippen LogP contribution >= 0.6 is 0 Å². The number of carbonyl (C=O) groups is 2. The maximum atomic E-state index is 14.3. The standard InChI is InChI=1S/C28H29F4N3O4/c1-3-17(2)25(35-20-7-4-18(5-8-20)27(38)33-13-12-26(36)37)16-39-21-9-11-24(34-15-21)22-10-6-19(14-23(22)29)28(30,31)32/h4-11,14-15,17,25,35H,3,12-13,16H2,1-2H3,(H,33,38)(H,36,37)/t17-,25+/m0/s1. The summed E-state index contributed by atoms with van der Waals surface area (Å²) < 4.78 is 58.6. The third-order valence-corrected chi connectivity index (χ3v) is 6.19. The van der Waals surface area contributed by atoms with Crippen LogP contribution in [0, 0.1) is 11.7 Å². The lowest BCUT2D eigenvalue weighted by Crippen LogP contribution is -2.33. The van der Waals surface area contributed by atoms with Crippen molar-refractivity contribution in [2.45, 2.75) is 38.9 Å². The van der Waals surface area contributed by atoms with Crippen LogP contribution in [-0.4, -0.2) is 41.2 Å². The first-order valence-electron chi connectivity index (χ1n) is 12.3. The molecule has 0 radical (unpaired) electrons. The van der Waals surface area contributed by atoms with Gasteiger partial charge in [-0.3, -0.25) is 14.6 Å². The number of benzene rings is 2. The summed E-state index contributed by atoms with van der Waals surface area (Å²) in [6.07, 6.45) is -2.55. The smallest absolute Gasteiger partial charge is 0.416 e. The molecule has 2 atom stereocenters. The molecule has 0 spiro atoms. The van der Waals surface area contributed by atoms with Gasteiger partial charge in [0.1, 0.15) is 18.2 Å². The number of amides is 1. The first-order chi connectivity index (χ1) is 18.5. The van der Waals surface area contributed by atoms with Crippen molar-refractivity contribution in [3.8, 4) is 17.0 Å². The fourth-order valence-electron chi connectivity index (χ4n) is 3.66. The molecule has 0 aliphatic heterocycles. The van der Waals surface area contributed by atoms with Crippen molar-refractivity contribution in [3.05, 3.63) is 77.7 Å². The molecule has 0 aliphatic carbocycles. The second kappa shape index (κ2) is 13.1. The molecule has 1 amide bonds. The Balaban J connectivity index is 1.61. The second-order valence-electron chi connectivity index (χ2n) is 9.00. The molecule has 1 heterocycles. The van der Waals surface area contributed by atoms with E-state index in [2.05, 4.69) is 22.5 Å². The van der Waals surface area contributed by atoms with E-state index in [4.69, 9.17) is 9.84 Å². The lowest BCUT2D eigenvalue weighted by Gasteiger charge is -2.25. The van der Waals surface area contributed by atoms with Crippen LogP contribution in [-0.2, 0) is 11.0 Å². The Hall–Kier alpha value is -4.15. The van der Waals surface area contributed by atoms with Gasteiger partial charge in [0.2, 0.25) is 0 Å². The quantitative estimate of drug-likeness (QED) is 0.240. The van der Waals surface area contributed by atoms with E-state index in [1.165, 1.54) is 12.3 Å². The average Bonchev–Trinajstić information content (AvgIpc) is 2.90. The normalized spacial score (nSPS) is 12.9. The molecule has 0 fully saturated rings. The van der Waals surface area contributed by atoms with Gasteiger partial charge in [-0.2, -0.15) is 13.2 Å². The van der Waals surface area contributed by atoms with Crippen LogP contribution in [0.15, 0.2) is 60.8 Å². The van der Waals surface area contributed by atoms with E-state index in [-0.39, 0.29) is 48.7 Å². The van der Waals surface area contributed by atoms with Crippen molar-refractivity contribution in [3.63, 3.8) is 0 Å². The van der Waals surface area contributed by atoms with E-state index < -0.39 is 23.5 Å². The summed E-state index contributed by atoms with van der Waals surface area (Å²) in [6.45, 7) is 4.40. The molecule has 208 valence electrons. The summed E-state index contributed by atoms with van der Waals surface area (Å²) in [5, 5.41) is 14.6. The predicted octanol–water partition coefficient (Wildman–Crippen LogP) is 6.02. The molecular formula is C28H29F4N3O4. The van der Waals surface area contributed by atoms with Gasteiger partial charge in [0.15, 0.2) is 0 Å².